The van der Waals surface area contributed by atoms with Crippen LogP contribution in [0.3, 0.4) is 0 Å². The Bertz CT molecular complexity index is 1110. The number of halogens is 2. The Kier molecular flexibility index (Phi) is 5.69. The van der Waals surface area contributed by atoms with E-state index in [1.807, 2.05) is 0 Å². The first-order valence-corrected chi connectivity index (χ1v) is 9.99. The van der Waals surface area contributed by atoms with E-state index in [1.165, 1.54) is 6.07 Å². The van der Waals surface area contributed by atoms with Crippen LogP contribution in [0.2, 0.25) is 10.2 Å². The highest BCUT2D eigenvalue weighted by Crippen LogP contribution is 2.33. The molecule has 3 heterocycles. The van der Waals surface area contributed by atoms with E-state index in [0.717, 1.165) is 5.69 Å². The molecular formula is C20H17Cl2N5O3. The number of rotatable bonds is 4. The molecule has 4 rings (SSSR count). The van der Waals surface area contributed by atoms with Crippen molar-refractivity contribution < 1.29 is 9.32 Å². The number of amides is 1. The van der Waals surface area contributed by atoms with Gasteiger partial charge in [0, 0.05) is 37.9 Å². The van der Waals surface area contributed by atoms with E-state index in [1.54, 1.807) is 42.3 Å². The van der Waals surface area contributed by atoms with Crippen molar-refractivity contribution in [2.24, 2.45) is 5.18 Å². The van der Waals surface area contributed by atoms with Gasteiger partial charge in [-0.1, -0.05) is 28.4 Å². The third kappa shape index (κ3) is 3.76. The number of nitrogens with zero attached hydrogens (tertiary/aromatic N) is 5. The van der Waals surface area contributed by atoms with Crippen LogP contribution in [-0.4, -0.2) is 47.1 Å². The molecule has 0 aliphatic carbocycles. The Morgan fingerprint density at radius 1 is 1.17 bits per heavy atom. The van der Waals surface area contributed by atoms with Crippen LogP contribution in [0.4, 0.5) is 11.4 Å². The van der Waals surface area contributed by atoms with E-state index < -0.39 is 0 Å². The van der Waals surface area contributed by atoms with Gasteiger partial charge in [-0.15, -0.1) is 4.91 Å². The molecule has 1 aliphatic rings. The van der Waals surface area contributed by atoms with Crippen LogP contribution in [0.15, 0.2) is 46.2 Å². The molecule has 0 atom stereocenters. The van der Waals surface area contributed by atoms with Crippen LogP contribution >= 0.6 is 23.2 Å². The number of hydrogen-bond acceptors (Lipinski definition) is 7. The summed E-state index contributed by atoms with van der Waals surface area (Å²) in [6.45, 7) is 3.87. The maximum atomic E-state index is 13.3. The number of piperazine rings is 1. The van der Waals surface area contributed by atoms with Gasteiger partial charge in [-0.2, -0.15) is 0 Å². The summed E-state index contributed by atoms with van der Waals surface area (Å²) in [6, 6.07) is 8.40. The highest BCUT2D eigenvalue weighted by molar-refractivity contribution is 6.33. The van der Waals surface area contributed by atoms with E-state index in [4.69, 9.17) is 27.7 Å². The maximum Gasteiger partial charge on any atom is 0.259 e. The molecule has 10 heteroatoms. The molecule has 0 unspecified atom stereocenters. The summed E-state index contributed by atoms with van der Waals surface area (Å²) in [5.41, 5.74) is 2.41. The molecule has 3 aromatic rings. The van der Waals surface area contributed by atoms with Gasteiger partial charge in [0.1, 0.15) is 27.9 Å². The van der Waals surface area contributed by atoms with E-state index in [-0.39, 0.29) is 16.7 Å². The molecule has 1 amide bonds. The van der Waals surface area contributed by atoms with E-state index in [0.29, 0.717) is 53.8 Å². The van der Waals surface area contributed by atoms with Crippen molar-refractivity contribution in [1.29, 1.82) is 0 Å². The highest BCUT2D eigenvalue weighted by Gasteiger charge is 2.30. The highest BCUT2D eigenvalue weighted by atomic mass is 35.5. The lowest BCUT2D eigenvalue weighted by molar-refractivity contribution is 0.0745. The lowest BCUT2D eigenvalue weighted by Gasteiger charge is -2.36. The minimum atomic E-state index is -0.171. The van der Waals surface area contributed by atoms with Crippen molar-refractivity contribution in [1.82, 2.24) is 15.0 Å². The quantitative estimate of drug-likeness (QED) is 0.426. The van der Waals surface area contributed by atoms with Crippen molar-refractivity contribution in [2.45, 2.75) is 6.92 Å². The molecule has 1 aliphatic heterocycles. The van der Waals surface area contributed by atoms with Crippen molar-refractivity contribution >= 4 is 40.5 Å². The standard InChI is InChI=1S/C20H17Cl2N5O3/c1-12-17(18(25-30-12)14-3-2-6-23-19(14)22)20(28)27-9-7-26(8-10-27)16-5-4-13(24-29)11-15(16)21/h2-6,11H,7-10H2,1H3. The summed E-state index contributed by atoms with van der Waals surface area (Å²) in [5.74, 6) is 0.257. The van der Waals surface area contributed by atoms with E-state index in [2.05, 4.69) is 20.2 Å². The van der Waals surface area contributed by atoms with Gasteiger partial charge in [-0.3, -0.25) is 4.79 Å². The number of aromatic nitrogens is 2. The van der Waals surface area contributed by atoms with Gasteiger partial charge in [0.2, 0.25) is 0 Å². The van der Waals surface area contributed by atoms with Crippen LogP contribution < -0.4 is 4.90 Å². The van der Waals surface area contributed by atoms with Gasteiger partial charge >= 0.3 is 0 Å². The number of pyridine rings is 1. The topological polar surface area (TPSA) is 91.9 Å². The molecule has 8 nitrogen and oxygen atoms in total. The van der Waals surface area contributed by atoms with Crippen LogP contribution in [0.1, 0.15) is 16.1 Å². The predicted molar refractivity (Wildman–Crippen MR) is 115 cm³/mol. The first-order valence-electron chi connectivity index (χ1n) is 9.24. The van der Waals surface area contributed by atoms with Gasteiger partial charge in [-0.05, 0) is 42.4 Å². The Balaban J connectivity index is 1.53. The van der Waals surface area contributed by atoms with E-state index >= 15 is 0 Å². The monoisotopic (exact) mass is 445 g/mol. The molecular weight excluding hydrogens is 429 g/mol. The molecule has 2 aromatic heterocycles. The number of anilines is 1. The molecule has 154 valence electrons. The second kappa shape index (κ2) is 8.41. The Hall–Kier alpha value is -2.97. The van der Waals surface area contributed by atoms with Gasteiger partial charge in [0.15, 0.2) is 0 Å². The number of carbonyl (C=O) groups is 1. The molecule has 0 N–H and O–H groups in total. The molecule has 30 heavy (non-hydrogen) atoms. The fraction of sp³-hybridized carbons (Fsp3) is 0.250. The molecule has 0 saturated carbocycles. The van der Waals surface area contributed by atoms with Gasteiger partial charge < -0.3 is 14.3 Å². The zero-order chi connectivity index (χ0) is 21.3. The Morgan fingerprint density at radius 3 is 2.60 bits per heavy atom. The van der Waals surface area contributed by atoms with Crippen molar-refractivity contribution in [3.63, 3.8) is 0 Å². The van der Waals surface area contributed by atoms with Crippen molar-refractivity contribution in [2.75, 3.05) is 31.1 Å². The number of hydrogen-bond donors (Lipinski definition) is 0. The fourth-order valence-corrected chi connectivity index (χ4v) is 3.99. The SMILES string of the molecule is Cc1onc(-c2cccnc2Cl)c1C(=O)N1CCN(c2ccc(N=O)cc2Cl)CC1. The van der Waals surface area contributed by atoms with Crippen LogP contribution in [0, 0.1) is 11.8 Å². The van der Waals surface area contributed by atoms with Crippen molar-refractivity contribution in [3.8, 4) is 11.3 Å². The summed E-state index contributed by atoms with van der Waals surface area (Å²) in [4.78, 5) is 31.8. The molecule has 1 fully saturated rings. The summed E-state index contributed by atoms with van der Waals surface area (Å²) in [5, 5.41) is 7.65. The zero-order valence-corrected chi connectivity index (χ0v) is 17.5. The van der Waals surface area contributed by atoms with E-state index in [9.17, 15) is 9.70 Å². The Morgan fingerprint density at radius 2 is 1.93 bits per heavy atom. The first kappa shape index (κ1) is 20.3. The molecule has 1 aromatic carbocycles. The lowest BCUT2D eigenvalue weighted by Crippen LogP contribution is -2.49. The summed E-state index contributed by atoms with van der Waals surface area (Å²) < 4.78 is 5.30. The second-order valence-corrected chi connectivity index (χ2v) is 7.58. The summed E-state index contributed by atoms with van der Waals surface area (Å²) in [7, 11) is 0. The number of aryl methyl sites for hydroxylation is 1. The average Bonchev–Trinajstić information content (AvgIpc) is 3.14. The predicted octanol–water partition coefficient (Wildman–Crippen LogP) is 4.71. The summed E-state index contributed by atoms with van der Waals surface area (Å²) >= 11 is 12.5. The third-order valence-corrected chi connectivity index (χ3v) is 5.64. The smallest absolute Gasteiger partial charge is 0.259 e. The average molecular weight is 446 g/mol. The minimum Gasteiger partial charge on any atom is -0.367 e. The molecule has 0 spiro atoms. The molecule has 0 radical (unpaired) electrons. The fourth-order valence-electron chi connectivity index (χ4n) is 3.49. The van der Waals surface area contributed by atoms with Gasteiger partial charge in [0.25, 0.3) is 5.91 Å². The van der Waals surface area contributed by atoms with Crippen molar-refractivity contribution in [3.05, 3.63) is 62.9 Å². The van der Waals surface area contributed by atoms with Gasteiger partial charge in [0.05, 0.1) is 10.7 Å². The zero-order valence-electron chi connectivity index (χ0n) is 16.0. The second-order valence-electron chi connectivity index (χ2n) is 6.81. The Labute approximate surface area is 182 Å². The van der Waals surface area contributed by atoms with Gasteiger partial charge in [-0.25, -0.2) is 4.98 Å². The van der Waals surface area contributed by atoms with Crippen LogP contribution in [0.25, 0.3) is 11.3 Å². The largest absolute Gasteiger partial charge is 0.367 e. The minimum absolute atomic E-state index is 0.171. The normalized spacial score (nSPS) is 14.1. The number of benzene rings is 1. The molecule has 0 bridgehead atoms. The third-order valence-electron chi connectivity index (χ3n) is 5.04. The van der Waals surface area contributed by atoms with Crippen LogP contribution in [-0.2, 0) is 0 Å². The number of carbonyl (C=O) groups excluding carboxylic acids is 1. The van der Waals surface area contributed by atoms with Crippen LogP contribution in [0.5, 0.6) is 0 Å². The maximum absolute atomic E-state index is 13.3. The first-order chi connectivity index (χ1) is 14.5. The number of nitroso groups, excluding NO2 is 1. The molecule has 1 saturated heterocycles. The summed E-state index contributed by atoms with van der Waals surface area (Å²) in [6.07, 6.45) is 1.57. The lowest BCUT2D eigenvalue weighted by atomic mass is 10.1.